The second-order valence-corrected chi connectivity index (χ2v) is 6.39. The fraction of sp³-hybridized carbons (Fsp3) is 0.143. The van der Waals surface area contributed by atoms with Crippen LogP contribution in [0.25, 0.3) is 0 Å². The molecule has 0 atom stereocenters. The maximum absolute atomic E-state index is 13.4. The molecule has 6 heteroatoms. The molecule has 3 rings (SSSR count). The Hall–Kier alpha value is -1.53. The summed E-state index contributed by atoms with van der Waals surface area (Å²) in [5.41, 5.74) is 1.26. The molecule has 1 amide bonds. The van der Waals surface area contributed by atoms with E-state index in [9.17, 15) is 14.0 Å². The smallest absolute Gasteiger partial charge is 0.299 e. The summed E-state index contributed by atoms with van der Waals surface area (Å²) in [6, 6.07) is 4.36. The zero-order valence-corrected chi connectivity index (χ0v) is 12.8. The number of rotatable bonds is 2. The fourth-order valence-corrected chi connectivity index (χ4v) is 3.80. The number of nitrogens with zero attached hydrogens (tertiary/aromatic N) is 1. The van der Waals surface area contributed by atoms with E-state index < -0.39 is 17.5 Å². The van der Waals surface area contributed by atoms with Crippen LogP contribution in [0.1, 0.15) is 20.8 Å². The fourth-order valence-electron chi connectivity index (χ4n) is 2.34. The van der Waals surface area contributed by atoms with Crippen molar-refractivity contribution in [3.05, 3.63) is 49.9 Å². The molecule has 1 aromatic carbocycles. The van der Waals surface area contributed by atoms with Crippen molar-refractivity contribution in [2.45, 2.75) is 13.5 Å². The molecule has 0 aliphatic carbocycles. The highest BCUT2D eigenvalue weighted by Crippen LogP contribution is 2.36. The number of benzene rings is 1. The highest BCUT2D eigenvalue weighted by molar-refractivity contribution is 9.10. The van der Waals surface area contributed by atoms with Crippen molar-refractivity contribution in [2.24, 2.45) is 0 Å². The number of thiophene rings is 1. The topological polar surface area (TPSA) is 37.4 Å². The van der Waals surface area contributed by atoms with Gasteiger partial charge < -0.3 is 0 Å². The zero-order valence-electron chi connectivity index (χ0n) is 10.4. The van der Waals surface area contributed by atoms with Gasteiger partial charge in [0.2, 0.25) is 0 Å². The average Bonchev–Trinajstić information content (AvgIpc) is 2.88. The van der Waals surface area contributed by atoms with Gasteiger partial charge in [-0.15, -0.1) is 11.3 Å². The molecule has 0 N–H and O–H groups in total. The summed E-state index contributed by atoms with van der Waals surface area (Å²) in [4.78, 5) is 26.4. The van der Waals surface area contributed by atoms with Crippen LogP contribution < -0.4 is 4.90 Å². The molecule has 0 bridgehead atoms. The highest BCUT2D eigenvalue weighted by Gasteiger charge is 2.37. The molecule has 0 spiro atoms. The van der Waals surface area contributed by atoms with Gasteiger partial charge >= 0.3 is 0 Å². The van der Waals surface area contributed by atoms with Gasteiger partial charge in [0, 0.05) is 9.35 Å². The number of Topliss-reactive ketones (excluding diaryl/α,β-unsaturated/α-hetero) is 1. The zero-order chi connectivity index (χ0) is 14.4. The molecule has 0 unspecified atom stereocenters. The third-order valence-electron chi connectivity index (χ3n) is 3.21. The van der Waals surface area contributed by atoms with Gasteiger partial charge in [-0.1, -0.05) is 0 Å². The molecule has 0 radical (unpaired) electrons. The van der Waals surface area contributed by atoms with Crippen LogP contribution in [0.5, 0.6) is 0 Å². The van der Waals surface area contributed by atoms with E-state index in [4.69, 9.17) is 0 Å². The monoisotopic (exact) mass is 353 g/mol. The first-order chi connectivity index (χ1) is 9.49. The molecule has 0 saturated heterocycles. The van der Waals surface area contributed by atoms with Crippen molar-refractivity contribution in [3.8, 4) is 0 Å². The van der Waals surface area contributed by atoms with Crippen molar-refractivity contribution in [1.82, 2.24) is 0 Å². The van der Waals surface area contributed by atoms with Gasteiger partial charge in [-0.25, -0.2) is 4.39 Å². The molecule has 0 fully saturated rings. The Kier molecular flexibility index (Phi) is 3.22. The third-order valence-corrected chi connectivity index (χ3v) is 5.12. The lowest BCUT2D eigenvalue weighted by Crippen LogP contribution is -2.29. The minimum atomic E-state index is -0.643. The van der Waals surface area contributed by atoms with Crippen molar-refractivity contribution in [2.75, 3.05) is 4.90 Å². The molecule has 2 heterocycles. The standard InChI is InChI=1S/C14H9BrFNO2S/c1-7-4-8(16)5-9-12(7)17(14(19)13(9)18)6-11-10(15)2-3-20-11/h2-5H,6H2,1H3. The molecule has 0 saturated carbocycles. The molecular weight excluding hydrogens is 345 g/mol. The summed E-state index contributed by atoms with van der Waals surface area (Å²) in [6.45, 7) is 2.01. The number of ketones is 1. The Balaban J connectivity index is 2.09. The summed E-state index contributed by atoms with van der Waals surface area (Å²) < 4.78 is 14.3. The Morgan fingerprint density at radius 1 is 1.35 bits per heavy atom. The van der Waals surface area contributed by atoms with Gasteiger partial charge in [-0.05, 0) is 52.0 Å². The van der Waals surface area contributed by atoms with E-state index in [1.165, 1.54) is 22.3 Å². The largest absolute Gasteiger partial charge is 0.299 e. The first-order valence-corrected chi connectivity index (χ1v) is 7.54. The Bertz CT molecular complexity index is 741. The molecule has 2 aromatic rings. The maximum Gasteiger partial charge on any atom is 0.299 e. The number of aryl methyl sites for hydroxylation is 1. The minimum absolute atomic E-state index is 0.153. The number of hydrogen-bond acceptors (Lipinski definition) is 3. The van der Waals surface area contributed by atoms with Crippen LogP contribution in [-0.4, -0.2) is 11.7 Å². The van der Waals surface area contributed by atoms with E-state index >= 15 is 0 Å². The molecule has 1 aliphatic rings. The molecular formula is C14H9BrFNO2S. The van der Waals surface area contributed by atoms with Crippen molar-refractivity contribution >= 4 is 44.6 Å². The van der Waals surface area contributed by atoms with E-state index in [1.54, 1.807) is 6.92 Å². The summed E-state index contributed by atoms with van der Waals surface area (Å²) >= 11 is 4.90. The number of halogens is 2. The molecule has 102 valence electrons. The molecule has 1 aromatic heterocycles. The summed E-state index contributed by atoms with van der Waals surface area (Å²) in [7, 11) is 0. The van der Waals surface area contributed by atoms with Gasteiger partial charge in [-0.2, -0.15) is 0 Å². The van der Waals surface area contributed by atoms with Crippen molar-refractivity contribution in [1.29, 1.82) is 0 Å². The first kappa shape index (κ1) is 13.5. The lowest BCUT2D eigenvalue weighted by molar-refractivity contribution is -0.114. The lowest BCUT2D eigenvalue weighted by atomic mass is 10.1. The van der Waals surface area contributed by atoms with Crippen molar-refractivity contribution in [3.63, 3.8) is 0 Å². The minimum Gasteiger partial charge on any atom is -0.299 e. The number of hydrogen-bond donors (Lipinski definition) is 0. The van der Waals surface area contributed by atoms with E-state index in [-0.39, 0.29) is 5.56 Å². The Labute approximate surface area is 127 Å². The predicted octanol–water partition coefficient (Wildman–Crippen LogP) is 3.69. The number of anilines is 1. The lowest BCUT2D eigenvalue weighted by Gasteiger charge is -2.18. The second-order valence-electron chi connectivity index (χ2n) is 4.53. The quantitative estimate of drug-likeness (QED) is 0.772. The third kappa shape index (κ3) is 1.99. The normalized spacial score (nSPS) is 14.1. The van der Waals surface area contributed by atoms with Gasteiger partial charge in [0.1, 0.15) is 5.82 Å². The number of amides is 1. The van der Waals surface area contributed by atoms with Crippen LogP contribution in [0.3, 0.4) is 0 Å². The first-order valence-electron chi connectivity index (χ1n) is 5.87. The number of fused-ring (bicyclic) bond motifs is 1. The summed E-state index contributed by atoms with van der Waals surface area (Å²) in [5, 5.41) is 1.90. The van der Waals surface area contributed by atoms with Crippen LogP contribution in [0.4, 0.5) is 10.1 Å². The number of carbonyl (C=O) groups excluding carboxylic acids is 2. The van der Waals surface area contributed by atoms with Gasteiger partial charge in [0.05, 0.1) is 17.8 Å². The summed E-state index contributed by atoms with van der Waals surface area (Å²) in [6.07, 6.45) is 0. The second kappa shape index (κ2) is 4.79. The van der Waals surface area contributed by atoms with Gasteiger partial charge in [-0.3, -0.25) is 14.5 Å². The van der Waals surface area contributed by atoms with E-state index in [0.717, 1.165) is 15.4 Å². The van der Waals surface area contributed by atoms with Crippen LogP contribution >= 0.6 is 27.3 Å². The Morgan fingerprint density at radius 3 is 2.75 bits per heavy atom. The predicted molar refractivity (Wildman–Crippen MR) is 78.7 cm³/mol. The summed E-state index contributed by atoms with van der Waals surface area (Å²) in [5.74, 6) is -1.74. The molecule has 20 heavy (non-hydrogen) atoms. The van der Waals surface area contributed by atoms with E-state index in [0.29, 0.717) is 17.8 Å². The van der Waals surface area contributed by atoms with Crippen LogP contribution in [0.2, 0.25) is 0 Å². The molecule has 1 aliphatic heterocycles. The van der Waals surface area contributed by atoms with Crippen LogP contribution in [-0.2, 0) is 11.3 Å². The highest BCUT2D eigenvalue weighted by atomic mass is 79.9. The van der Waals surface area contributed by atoms with Gasteiger partial charge in [0.25, 0.3) is 11.7 Å². The number of carbonyl (C=O) groups is 2. The van der Waals surface area contributed by atoms with Crippen LogP contribution in [0.15, 0.2) is 28.1 Å². The Morgan fingerprint density at radius 2 is 2.10 bits per heavy atom. The maximum atomic E-state index is 13.4. The van der Waals surface area contributed by atoms with Crippen LogP contribution in [0, 0.1) is 12.7 Å². The average molecular weight is 354 g/mol. The SMILES string of the molecule is Cc1cc(F)cc2c1N(Cc1sccc1Br)C(=O)C2=O. The molecule has 3 nitrogen and oxygen atoms in total. The van der Waals surface area contributed by atoms with Gasteiger partial charge in [0.15, 0.2) is 0 Å². The van der Waals surface area contributed by atoms with E-state index in [1.807, 2.05) is 11.4 Å². The van der Waals surface area contributed by atoms with E-state index in [2.05, 4.69) is 15.9 Å². The van der Waals surface area contributed by atoms with Crippen molar-refractivity contribution < 1.29 is 14.0 Å².